The third-order valence-electron chi connectivity index (χ3n) is 6.73. The minimum absolute atomic E-state index is 0.141. The normalized spacial score (nSPS) is 18.0. The van der Waals surface area contributed by atoms with Gasteiger partial charge in [-0.2, -0.15) is 5.10 Å². The van der Waals surface area contributed by atoms with Crippen molar-refractivity contribution in [2.45, 2.75) is 38.8 Å². The first-order valence-corrected chi connectivity index (χ1v) is 13.3. The fourth-order valence-corrected chi connectivity index (χ4v) is 4.72. The van der Waals surface area contributed by atoms with E-state index in [0.717, 1.165) is 24.2 Å². The lowest BCUT2D eigenvalue weighted by Gasteiger charge is -2.33. The lowest BCUT2D eigenvalue weighted by Crippen LogP contribution is -2.53. The molecule has 2 aromatic rings. The number of carbonyl (C=O) groups is 2. The van der Waals surface area contributed by atoms with Crippen LogP contribution in [0.5, 0.6) is 5.75 Å². The SMILES string of the molecule is COc1ccccc1[C@@H]1CC(c2ccc(F)cc2)=NN1C(=O)CN(CCN1CCOCC1)C(=O)NC(C)(C)C. The Labute approximate surface area is 229 Å². The summed E-state index contributed by atoms with van der Waals surface area (Å²) in [5, 5.41) is 9.13. The van der Waals surface area contributed by atoms with Crippen LogP contribution in [-0.4, -0.2) is 91.0 Å². The molecule has 39 heavy (non-hydrogen) atoms. The largest absolute Gasteiger partial charge is 0.496 e. The monoisotopic (exact) mass is 539 g/mol. The van der Waals surface area contributed by atoms with Gasteiger partial charge in [-0.25, -0.2) is 14.2 Å². The molecular formula is C29H38FN5O4. The summed E-state index contributed by atoms with van der Waals surface area (Å²) >= 11 is 0. The number of morpholine rings is 1. The Hall–Kier alpha value is -3.50. The number of methoxy groups -OCH3 is 1. The highest BCUT2D eigenvalue weighted by atomic mass is 19.1. The highest BCUT2D eigenvalue weighted by Gasteiger charge is 2.36. The van der Waals surface area contributed by atoms with Gasteiger partial charge in [0, 0.05) is 43.7 Å². The van der Waals surface area contributed by atoms with Gasteiger partial charge >= 0.3 is 6.03 Å². The Balaban J connectivity index is 1.59. The van der Waals surface area contributed by atoms with Crippen LogP contribution in [0.25, 0.3) is 0 Å². The summed E-state index contributed by atoms with van der Waals surface area (Å²) in [5.74, 6) is -0.00751. The molecule has 2 heterocycles. The zero-order chi connectivity index (χ0) is 28.0. The van der Waals surface area contributed by atoms with E-state index in [-0.39, 0.29) is 24.3 Å². The molecule has 0 unspecified atom stereocenters. The van der Waals surface area contributed by atoms with Gasteiger partial charge < -0.3 is 19.7 Å². The van der Waals surface area contributed by atoms with E-state index in [4.69, 9.17) is 14.6 Å². The van der Waals surface area contributed by atoms with E-state index in [1.54, 1.807) is 24.1 Å². The number of amides is 3. The van der Waals surface area contributed by atoms with Crippen molar-refractivity contribution in [1.82, 2.24) is 20.1 Å². The molecular weight excluding hydrogens is 501 g/mol. The van der Waals surface area contributed by atoms with E-state index >= 15 is 0 Å². The molecule has 1 fully saturated rings. The maximum atomic E-state index is 13.9. The van der Waals surface area contributed by atoms with Crippen LogP contribution in [0.4, 0.5) is 9.18 Å². The van der Waals surface area contributed by atoms with E-state index < -0.39 is 11.6 Å². The minimum Gasteiger partial charge on any atom is -0.496 e. The summed E-state index contributed by atoms with van der Waals surface area (Å²) in [6.07, 6.45) is 0.430. The molecule has 0 saturated carbocycles. The molecule has 0 bridgehead atoms. The summed E-state index contributed by atoms with van der Waals surface area (Å²) in [4.78, 5) is 30.9. The van der Waals surface area contributed by atoms with Gasteiger partial charge in [0.15, 0.2) is 0 Å². The quantitative estimate of drug-likeness (QED) is 0.554. The number of para-hydroxylation sites is 1. The Morgan fingerprint density at radius 3 is 2.49 bits per heavy atom. The van der Waals surface area contributed by atoms with E-state index in [1.165, 1.54) is 17.1 Å². The van der Waals surface area contributed by atoms with Gasteiger partial charge in [0.05, 0.1) is 32.1 Å². The first kappa shape index (κ1) is 28.5. The molecule has 2 aliphatic heterocycles. The predicted molar refractivity (Wildman–Crippen MR) is 147 cm³/mol. The molecule has 210 valence electrons. The van der Waals surface area contributed by atoms with Gasteiger partial charge in [-0.05, 0) is 44.5 Å². The van der Waals surface area contributed by atoms with E-state index in [9.17, 15) is 14.0 Å². The smallest absolute Gasteiger partial charge is 0.318 e. The number of urea groups is 1. The van der Waals surface area contributed by atoms with E-state index in [0.29, 0.717) is 44.2 Å². The number of rotatable bonds is 8. The molecule has 1 N–H and O–H groups in total. The van der Waals surface area contributed by atoms with Gasteiger partial charge in [0.25, 0.3) is 5.91 Å². The van der Waals surface area contributed by atoms with Crippen molar-refractivity contribution in [3.05, 3.63) is 65.5 Å². The maximum Gasteiger partial charge on any atom is 0.318 e. The fraction of sp³-hybridized carbons (Fsp3) is 0.483. The first-order chi connectivity index (χ1) is 18.6. The van der Waals surface area contributed by atoms with Crippen molar-refractivity contribution < 1.29 is 23.5 Å². The Kier molecular flexibility index (Phi) is 9.19. The van der Waals surface area contributed by atoms with Crippen molar-refractivity contribution in [2.75, 3.05) is 53.0 Å². The van der Waals surface area contributed by atoms with Gasteiger partial charge in [-0.15, -0.1) is 0 Å². The molecule has 0 radical (unpaired) electrons. The molecule has 9 nitrogen and oxygen atoms in total. The third kappa shape index (κ3) is 7.54. The molecule has 3 amide bonds. The van der Waals surface area contributed by atoms with Crippen LogP contribution in [0, 0.1) is 5.82 Å². The number of carbonyl (C=O) groups excluding carboxylic acids is 2. The van der Waals surface area contributed by atoms with Crippen LogP contribution >= 0.6 is 0 Å². The highest BCUT2D eigenvalue weighted by Crippen LogP contribution is 2.37. The molecule has 0 aromatic heterocycles. The Bertz CT molecular complexity index is 1170. The van der Waals surface area contributed by atoms with Crippen LogP contribution < -0.4 is 10.1 Å². The second-order valence-corrected chi connectivity index (χ2v) is 10.8. The van der Waals surface area contributed by atoms with Crippen LogP contribution in [0.15, 0.2) is 53.6 Å². The van der Waals surface area contributed by atoms with Gasteiger partial charge in [0.1, 0.15) is 18.1 Å². The average molecular weight is 540 g/mol. The van der Waals surface area contributed by atoms with Crippen LogP contribution in [0.1, 0.15) is 44.4 Å². The zero-order valence-corrected chi connectivity index (χ0v) is 23.2. The van der Waals surface area contributed by atoms with Gasteiger partial charge in [-0.3, -0.25) is 9.69 Å². The number of hydrogen-bond acceptors (Lipinski definition) is 6. The van der Waals surface area contributed by atoms with Crippen molar-refractivity contribution in [3.63, 3.8) is 0 Å². The Morgan fingerprint density at radius 1 is 1.13 bits per heavy atom. The molecule has 0 spiro atoms. The molecule has 2 aromatic carbocycles. The molecule has 0 aliphatic carbocycles. The number of hydrazone groups is 1. The molecule has 1 atom stereocenters. The Morgan fingerprint density at radius 2 is 1.82 bits per heavy atom. The lowest BCUT2D eigenvalue weighted by atomic mass is 9.97. The van der Waals surface area contributed by atoms with Gasteiger partial charge in [0.2, 0.25) is 0 Å². The summed E-state index contributed by atoms with van der Waals surface area (Å²) < 4.78 is 24.6. The molecule has 2 aliphatic rings. The second kappa shape index (κ2) is 12.6. The number of nitrogens with one attached hydrogen (secondary N) is 1. The second-order valence-electron chi connectivity index (χ2n) is 10.8. The van der Waals surface area contributed by atoms with Crippen LogP contribution in [0.2, 0.25) is 0 Å². The first-order valence-electron chi connectivity index (χ1n) is 13.3. The van der Waals surface area contributed by atoms with Crippen LogP contribution in [-0.2, 0) is 9.53 Å². The maximum absolute atomic E-state index is 13.9. The fourth-order valence-electron chi connectivity index (χ4n) is 4.72. The molecule has 10 heteroatoms. The van der Waals surface area contributed by atoms with Crippen LogP contribution in [0.3, 0.4) is 0 Å². The van der Waals surface area contributed by atoms with Crippen molar-refractivity contribution in [1.29, 1.82) is 0 Å². The number of ether oxygens (including phenoxy) is 2. The molecule has 1 saturated heterocycles. The van der Waals surface area contributed by atoms with E-state index in [1.807, 2.05) is 45.0 Å². The number of nitrogens with zero attached hydrogens (tertiary/aromatic N) is 4. The highest BCUT2D eigenvalue weighted by molar-refractivity contribution is 6.03. The average Bonchev–Trinajstić information content (AvgIpc) is 3.36. The van der Waals surface area contributed by atoms with Crippen molar-refractivity contribution in [3.8, 4) is 5.75 Å². The lowest BCUT2D eigenvalue weighted by molar-refractivity contribution is -0.133. The van der Waals surface area contributed by atoms with Crippen molar-refractivity contribution >= 4 is 17.6 Å². The summed E-state index contributed by atoms with van der Waals surface area (Å²) in [5.41, 5.74) is 1.76. The van der Waals surface area contributed by atoms with Gasteiger partial charge in [-0.1, -0.05) is 30.3 Å². The zero-order valence-electron chi connectivity index (χ0n) is 23.2. The third-order valence-corrected chi connectivity index (χ3v) is 6.73. The number of benzene rings is 2. The molecule has 4 rings (SSSR count). The standard InChI is InChI=1S/C29H38FN5O4/c1-29(2,3)31-28(37)34(14-13-33-15-17-39-18-16-33)20-27(36)35-25(23-7-5-6-8-26(23)38-4)19-24(32-35)21-9-11-22(30)12-10-21/h5-12,25H,13-20H2,1-4H3,(H,31,37)/t25-/m0/s1. The number of hydrogen-bond donors (Lipinski definition) is 1. The topological polar surface area (TPSA) is 86.7 Å². The summed E-state index contributed by atoms with van der Waals surface area (Å²) in [7, 11) is 1.59. The summed E-state index contributed by atoms with van der Waals surface area (Å²) in [6, 6.07) is 12.9. The predicted octanol–water partition coefficient (Wildman–Crippen LogP) is 3.65. The van der Waals surface area contributed by atoms with E-state index in [2.05, 4.69) is 10.2 Å². The minimum atomic E-state index is -0.459. The number of halogens is 1. The summed E-state index contributed by atoms with van der Waals surface area (Å²) in [6.45, 7) is 9.48. The van der Waals surface area contributed by atoms with Crippen molar-refractivity contribution in [2.24, 2.45) is 5.10 Å².